The summed E-state index contributed by atoms with van der Waals surface area (Å²) in [6.45, 7) is 5.82. The van der Waals surface area contributed by atoms with Gasteiger partial charge in [-0.25, -0.2) is 9.59 Å². The fourth-order valence-corrected chi connectivity index (χ4v) is 2.08. The summed E-state index contributed by atoms with van der Waals surface area (Å²) in [4.78, 5) is 23.2. The van der Waals surface area contributed by atoms with Crippen LogP contribution in [0.3, 0.4) is 0 Å². The first kappa shape index (κ1) is 20.6. The molecule has 25 heavy (non-hydrogen) atoms. The Kier molecular flexibility index (Phi) is 7.05. The van der Waals surface area contributed by atoms with Gasteiger partial charge in [-0.3, -0.25) is 5.41 Å². The van der Waals surface area contributed by atoms with E-state index in [9.17, 15) is 9.59 Å². The number of hydrogen-bond donors (Lipinski definition) is 4. The monoisotopic (exact) mass is 370 g/mol. The minimum Gasteiger partial charge on any atom is -0.464 e. The predicted molar refractivity (Wildman–Crippen MR) is 97.4 cm³/mol. The van der Waals surface area contributed by atoms with Crippen molar-refractivity contribution >= 4 is 40.7 Å². The molecule has 5 N–H and O–H groups in total. The molecule has 1 aromatic carbocycles. The van der Waals surface area contributed by atoms with Crippen LogP contribution in [0.25, 0.3) is 0 Å². The fourth-order valence-electron chi connectivity index (χ4n) is 1.85. The number of halogens is 1. The molecule has 0 saturated carbocycles. The molecule has 1 aromatic rings. The smallest absolute Gasteiger partial charge is 0.407 e. The number of carbonyl (C=O) groups is 2. The van der Waals surface area contributed by atoms with Crippen molar-refractivity contribution in [1.29, 1.82) is 5.41 Å². The van der Waals surface area contributed by atoms with Crippen molar-refractivity contribution < 1.29 is 19.1 Å². The maximum absolute atomic E-state index is 11.6. The van der Waals surface area contributed by atoms with E-state index in [0.717, 1.165) is 0 Å². The van der Waals surface area contributed by atoms with Crippen LogP contribution in [0, 0.1) is 5.41 Å². The average Bonchev–Trinajstić information content (AvgIpc) is 2.52. The Morgan fingerprint density at radius 1 is 1.28 bits per heavy atom. The van der Waals surface area contributed by atoms with E-state index in [1.165, 1.54) is 19.2 Å². The van der Waals surface area contributed by atoms with Crippen molar-refractivity contribution in [3.05, 3.63) is 22.7 Å². The quantitative estimate of drug-likeness (QED) is 0.263. The van der Waals surface area contributed by atoms with Gasteiger partial charge >= 0.3 is 12.1 Å². The summed E-state index contributed by atoms with van der Waals surface area (Å²) >= 11 is 6.17. The minimum absolute atomic E-state index is 0.184. The van der Waals surface area contributed by atoms with Crippen LogP contribution in [0.2, 0.25) is 5.02 Å². The lowest BCUT2D eigenvalue weighted by Crippen LogP contribution is -2.35. The van der Waals surface area contributed by atoms with Crippen LogP contribution < -0.4 is 16.4 Å². The number of methoxy groups -OCH3 is 1. The largest absolute Gasteiger partial charge is 0.464 e. The summed E-state index contributed by atoms with van der Waals surface area (Å²) in [5.74, 6) is -0.796. The zero-order valence-electron chi connectivity index (χ0n) is 14.7. The van der Waals surface area contributed by atoms with Gasteiger partial charge in [0.25, 0.3) is 0 Å². The van der Waals surface area contributed by atoms with Crippen LogP contribution in [0.4, 0.5) is 16.2 Å². The maximum Gasteiger partial charge on any atom is 0.407 e. The second-order valence-corrected chi connectivity index (χ2v) is 6.49. The SMILES string of the molecule is COC(=O)C(=N)c1ccc(N)c(Cl)c1NCCNC(=O)OC(C)(C)C. The van der Waals surface area contributed by atoms with E-state index in [1.54, 1.807) is 20.8 Å². The number of nitrogens with one attached hydrogen (secondary N) is 3. The zero-order valence-corrected chi connectivity index (χ0v) is 15.4. The molecule has 1 amide bonds. The lowest BCUT2D eigenvalue weighted by Gasteiger charge is -2.20. The van der Waals surface area contributed by atoms with Gasteiger partial charge in [0, 0.05) is 18.7 Å². The van der Waals surface area contributed by atoms with Gasteiger partial charge in [-0.15, -0.1) is 0 Å². The summed E-state index contributed by atoms with van der Waals surface area (Å²) in [5.41, 5.74) is 5.70. The maximum atomic E-state index is 11.6. The molecular formula is C16H23ClN4O4. The molecule has 0 aromatic heterocycles. The Labute approximate surface area is 151 Å². The minimum atomic E-state index is -0.796. The second kappa shape index (κ2) is 8.57. The number of amides is 1. The van der Waals surface area contributed by atoms with Crippen molar-refractivity contribution in [3.8, 4) is 0 Å². The number of esters is 1. The van der Waals surface area contributed by atoms with Crippen LogP contribution in [0.5, 0.6) is 0 Å². The molecule has 9 heteroatoms. The van der Waals surface area contributed by atoms with Crippen LogP contribution in [-0.2, 0) is 14.3 Å². The highest BCUT2D eigenvalue weighted by molar-refractivity contribution is 6.45. The number of ether oxygens (including phenoxy) is 2. The van der Waals surface area contributed by atoms with E-state index < -0.39 is 17.7 Å². The summed E-state index contributed by atoms with van der Waals surface area (Å²) in [6, 6.07) is 3.00. The molecule has 0 saturated heterocycles. The highest BCUT2D eigenvalue weighted by Crippen LogP contribution is 2.32. The molecule has 0 aliphatic heterocycles. The van der Waals surface area contributed by atoms with E-state index >= 15 is 0 Å². The van der Waals surface area contributed by atoms with Gasteiger partial charge in [0.15, 0.2) is 0 Å². The first-order chi connectivity index (χ1) is 11.6. The van der Waals surface area contributed by atoms with Crippen LogP contribution in [0.15, 0.2) is 12.1 Å². The standard InChI is InChI=1S/C16H23ClN4O4/c1-16(2,3)25-15(23)21-8-7-20-13-9(12(19)14(22)24-4)5-6-10(18)11(13)17/h5-6,19-20H,7-8,18H2,1-4H3,(H,21,23). The Hall–Kier alpha value is -2.48. The average molecular weight is 371 g/mol. The van der Waals surface area contributed by atoms with E-state index in [4.69, 9.17) is 27.5 Å². The van der Waals surface area contributed by atoms with E-state index in [1.807, 2.05) is 0 Å². The number of benzene rings is 1. The molecule has 138 valence electrons. The second-order valence-electron chi connectivity index (χ2n) is 6.11. The summed E-state index contributed by atoms with van der Waals surface area (Å²) in [5, 5.41) is 13.6. The van der Waals surface area contributed by atoms with Gasteiger partial charge in [-0.1, -0.05) is 11.6 Å². The molecule has 0 radical (unpaired) electrons. The Morgan fingerprint density at radius 2 is 1.92 bits per heavy atom. The summed E-state index contributed by atoms with van der Waals surface area (Å²) < 4.78 is 9.68. The number of nitrogen functional groups attached to an aromatic ring is 1. The van der Waals surface area contributed by atoms with Crippen molar-refractivity contribution in [1.82, 2.24) is 5.32 Å². The van der Waals surface area contributed by atoms with Gasteiger partial charge in [0.05, 0.1) is 23.5 Å². The molecule has 0 spiro atoms. The highest BCUT2D eigenvalue weighted by Gasteiger charge is 2.20. The third-order valence-electron chi connectivity index (χ3n) is 2.93. The normalized spacial score (nSPS) is 10.8. The highest BCUT2D eigenvalue weighted by atomic mass is 35.5. The Balaban J connectivity index is 2.78. The number of rotatable bonds is 6. The van der Waals surface area contributed by atoms with Crippen LogP contribution >= 0.6 is 11.6 Å². The molecule has 0 aliphatic rings. The summed E-state index contributed by atoms with van der Waals surface area (Å²) in [6.07, 6.45) is -0.546. The third kappa shape index (κ3) is 6.15. The number of hydrogen-bond acceptors (Lipinski definition) is 7. The fraction of sp³-hybridized carbons (Fsp3) is 0.438. The lowest BCUT2D eigenvalue weighted by molar-refractivity contribution is -0.132. The topological polar surface area (TPSA) is 127 Å². The Morgan fingerprint density at radius 3 is 2.48 bits per heavy atom. The number of alkyl carbamates (subject to hydrolysis) is 1. The van der Waals surface area contributed by atoms with Gasteiger partial charge in [0.2, 0.25) is 0 Å². The van der Waals surface area contributed by atoms with E-state index in [0.29, 0.717) is 11.4 Å². The zero-order chi connectivity index (χ0) is 19.2. The van der Waals surface area contributed by atoms with Crippen molar-refractivity contribution in [3.63, 3.8) is 0 Å². The molecule has 8 nitrogen and oxygen atoms in total. The van der Waals surface area contributed by atoms with Crippen molar-refractivity contribution in [2.45, 2.75) is 26.4 Å². The molecule has 0 bridgehead atoms. The molecule has 0 unspecified atom stereocenters. The predicted octanol–water partition coefficient (Wildman–Crippen LogP) is 2.40. The van der Waals surface area contributed by atoms with Gasteiger partial charge in [0.1, 0.15) is 11.3 Å². The van der Waals surface area contributed by atoms with Gasteiger partial charge in [-0.2, -0.15) is 0 Å². The number of nitrogens with two attached hydrogens (primary N) is 1. The number of carbonyl (C=O) groups excluding carboxylic acids is 2. The number of anilines is 2. The van der Waals surface area contributed by atoms with E-state index in [-0.39, 0.29) is 29.4 Å². The van der Waals surface area contributed by atoms with Gasteiger partial charge in [-0.05, 0) is 32.9 Å². The molecular weight excluding hydrogens is 348 g/mol. The van der Waals surface area contributed by atoms with Crippen LogP contribution in [0.1, 0.15) is 26.3 Å². The molecule has 0 fully saturated rings. The van der Waals surface area contributed by atoms with Crippen LogP contribution in [-0.4, -0.2) is 43.6 Å². The van der Waals surface area contributed by atoms with Crippen molar-refractivity contribution in [2.75, 3.05) is 31.2 Å². The Bertz CT molecular complexity index is 671. The first-order valence-electron chi connectivity index (χ1n) is 7.52. The van der Waals surface area contributed by atoms with E-state index in [2.05, 4.69) is 15.4 Å². The van der Waals surface area contributed by atoms with Crippen molar-refractivity contribution in [2.24, 2.45) is 0 Å². The third-order valence-corrected chi connectivity index (χ3v) is 3.33. The van der Waals surface area contributed by atoms with Gasteiger partial charge < -0.3 is 25.8 Å². The molecule has 0 heterocycles. The first-order valence-corrected chi connectivity index (χ1v) is 7.90. The molecule has 0 aliphatic carbocycles. The lowest BCUT2D eigenvalue weighted by atomic mass is 10.1. The summed E-state index contributed by atoms with van der Waals surface area (Å²) in [7, 11) is 1.19. The molecule has 1 rings (SSSR count). The molecule has 0 atom stereocenters.